The number of hydrogen-bond donors (Lipinski definition) is 0. The van der Waals surface area contributed by atoms with Crippen molar-refractivity contribution in [3.05, 3.63) is 53.6 Å². The molecule has 6 nitrogen and oxygen atoms in total. The highest BCUT2D eigenvalue weighted by Gasteiger charge is 2.16. The third-order valence-electron chi connectivity index (χ3n) is 3.39. The van der Waals surface area contributed by atoms with Crippen molar-refractivity contribution in [1.82, 2.24) is 14.8 Å². The van der Waals surface area contributed by atoms with Gasteiger partial charge in [0, 0.05) is 22.0 Å². The number of methoxy groups -OCH3 is 1. The van der Waals surface area contributed by atoms with Crippen molar-refractivity contribution >= 4 is 29.3 Å². The molecule has 0 unspecified atom stereocenters. The van der Waals surface area contributed by atoms with Gasteiger partial charge in [0.25, 0.3) is 0 Å². The minimum absolute atomic E-state index is 0.214. The lowest BCUT2D eigenvalue weighted by atomic mass is 10.2. The predicted octanol–water partition coefficient (Wildman–Crippen LogP) is 2.44. The van der Waals surface area contributed by atoms with Crippen LogP contribution in [-0.4, -0.2) is 33.6 Å². The number of aliphatic carboxylic acids is 1. The first-order valence-electron chi connectivity index (χ1n) is 7.27. The number of aromatic nitrogens is 3. The molecule has 0 radical (unpaired) electrons. The van der Waals surface area contributed by atoms with Crippen LogP contribution in [0.4, 0.5) is 0 Å². The molecule has 3 aromatic rings. The maximum atomic E-state index is 10.8. The summed E-state index contributed by atoms with van der Waals surface area (Å²) >= 11 is 7.01. The number of halogens is 1. The number of ether oxygens (including phenoxy) is 1. The van der Waals surface area contributed by atoms with Gasteiger partial charge in [0.15, 0.2) is 11.0 Å². The molecule has 0 spiro atoms. The number of carbonyl (C=O) groups excluding carboxylic acids is 1. The van der Waals surface area contributed by atoms with Crippen LogP contribution in [0.1, 0.15) is 0 Å². The summed E-state index contributed by atoms with van der Waals surface area (Å²) in [6.45, 7) is 0. The average molecular weight is 375 g/mol. The highest BCUT2D eigenvalue weighted by atomic mass is 35.5. The van der Waals surface area contributed by atoms with E-state index in [-0.39, 0.29) is 5.75 Å². The zero-order valence-corrected chi connectivity index (χ0v) is 14.8. The first-order valence-corrected chi connectivity index (χ1v) is 8.63. The molecule has 0 saturated carbocycles. The fourth-order valence-electron chi connectivity index (χ4n) is 2.24. The molecule has 8 heteroatoms. The summed E-state index contributed by atoms with van der Waals surface area (Å²) in [4.78, 5) is 10.8. The standard InChI is InChI=1S/C17H14ClN3O3S/c1-24-14-8-2-11(3-9-14)16-19-20-17(25-10-15(22)23)21(16)13-6-4-12(18)5-7-13/h2-9H,10H2,1H3,(H,22,23)/p-1. The second-order valence-electron chi connectivity index (χ2n) is 5.01. The zero-order chi connectivity index (χ0) is 17.8. The van der Waals surface area contributed by atoms with Gasteiger partial charge in [-0.1, -0.05) is 23.4 Å². The van der Waals surface area contributed by atoms with E-state index >= 15 is 0 Å². The van der Waals surface area contributed by atoms with Crippen LogP contribution in [0.15, 0.2) is 53.7 Å². The van der Waals surface area contributed by atoms with Crippen LogP contribution < -0.4 is 9.84 Å². The predicted molar refractivity (Wildman–Crippen MR) is 94.1 cm³/mol. The number of carboxylic acid groups (broad SMARTS) is 1. The summed E-state index contributed by atoms with van der Waals surface area (Å²) in [6.07, 6.45) is 0. The Balaban J connectivity index is 2.07. The maximum absolute atomic E-state index is 10.8. The van der Waals surface area contributed by atoms with Gasteiger partial charge >= 0.3 is 0 Å². The monoisotopic (exact) mass is 374 g/mol. The summed E-state index contributed by atoms with van der Waals surface area (Å²) in [5.74, 6) is -0.0609. The van der Waals surface area contributed by atoms with Gasteiger partial charge in [-0.3, -0.25) is 4.57 Å². The third-order valence-corrected chi connectivity index (χ3v) is 4.54. The van der Waals surface area contributed by atoms with E-state index in [2.05, 4.69) is 10.2 Å². The van der Waals surface area contributed by atoms with Gasteiger partial charge in [0.1, 0.15) is 5.75 Å². The summed E-state index contributed by atoms with van der Waals surface area (Å²) in [5, 5.41) is 20.2. The smallest absolute Gasteiger partial charge is 0.196 e. The van der Waals surface area contributed by atoms with Gasteiger partial charge in [-0.05, 0) is 48.5 Å². The van der Waals surface area contributed by atoms with Gasteiger partial charge in [-0.15, -0.1) is 10.2 Å². The fraction of sp³-hybridized carbons (Fsp3) is 0.118. The lowest BCUT2D eigenvalue weighted by molar-refractivity contribution is -0.301. The van der Waals surface area contributed by atoms with Crippen molar-refractivity contribution in [2.24, 2.45) is 0 Å². The van der Waals surface area contributed by atoms with Gasteiger partial charge in [-0.25, -0.2) is 0 Å². The van der Waals surface area contributed by atoms with E-state index in [9.17, 15) is 9.90 Å². The Labute approximate surface area is 153 Å². The first kappa shape index (κ1) is 17.3. The second kappa shape index (κ2) is 7.58. The topological polar surface area (TPSA) is 80.1 Å². The fourth-order valence-corrected chi connectivity index (χ4v) is 3.03. The average Bonchev–Trinajstić information content (AvgIpc) is 3.04. The minimum Gasteiger partial charge on any atom is -0.549 e. The number of benzene rings is 2. The third kappa shape index (κ3) is 3.94. The molecule has 0 atom stereocenters. The number of hydrogen-bond acceptors (Lipinski definition) is 6. The van der Waals surface area contributed by atoms with E-state index in [1.54, 1.807) is 23.8 Å². The van der Waals surface area contributed by atoms with Crippen molar-refractivity contribution in [3.8, 4) is 22.8 Å². The highest BCUT2D eigenvalue weighted by Crippen LogP contribution is 2.29. The van der Waals surface area contributed by atoms with Crippen LogP contribution in [0.25, 0.3) is 17.1 Å². The number of rotatable bonds is 6. The molecule has 0 amide bonds. The summed E-state index contributed by atoms with van der Waals surface area (Å²) in [7, 11) is 1.60. The van der Waals surface area contributed by atoms with Crippen LogP contribution in [0, 0.1) is 0 Å². The van der Waals surface area contributed by atoms with Gasteiger partial charge in [0.2, 0.25) is 0 Å². The lowest BCUT2D eigenvalue weighted by Gasteiger charge is -2.11. The Kier molecular flexibility index (Phi) is 5.25. The van der Waals surface area contributed by atoms with E-state index in [1.807, 2.05) is 36.4 Å². The molecule has 0 N–H and O–H groups in total. The quantitative estimate of drug-likeness (QED) is 0.616. The van der Waals surface area contributed by atoms with E-state index in [0.717, 1.165) is 28.8 Å². The summed E-state index contributed by atoms with van der Waals surface area (Å²) < 4.78 is 6.95. The van der Waals surface area contributed by atoms with Crippen molar-refractivity contribution in [1.29, 1.82) is 0 Å². The first-order chi connectivity index (χ1) is 12.1. The van der Waals surface area contributed by atoms with E-state index < -0.39 is 5.97 Å². The number of carbonyl (C=O) groups is 1. The number of thioether (sulfide) groups is 1. The van der Waals surface area contributed by atoms with Crippen LogP contribution in [-0.2, 0) is 4.79 Å². The highest BCUT2D eigenvalue weighted by molar-refractivity contribution is 7.99. The van der Waals surface area contributed by atoms with Crippen molar-refractivity contribution < 1.29 is 14.6 Å². The molecule has 2 aromatic carbocycles. The number of nitrogens with zero attached hydrogens (tertiary/aromatic N) is 3. The molecule has 0 aliphatic carbocycles. The Bertz CT molecular complexity index is 879. The van der Waals surface area contributed by atoms with Gasteiger partial charge in [0.05, 0.1) is 13.1 Å². The molecule has 0 aliphatic rings. The molecule has 25 heavy (non-hydrogen) atoms. The summed E-state index contributed by atoms with van der Waals surface area (Å²) in [5.41, 5.74) is 1.60. The van der Waals surface area contributed by atoms with Crippen molar-refractivity contribution in [2.45, 2.75) is 5.16 Å². The van der Waals surface area contributed by atoms with Crippen LogP contribution >= 0.6 is 23.4 Å². The molecule has 0 aliphatic heterocycles. The Morgan fingerprint density at radius 1 is 1.16 bits per heavy atom. The van der Waals surface area contributed by atoms with E-state index in [0.29, 0.717) is 16.0 Å². The minimum atomic E-state index is -1.17. The van der Waals surface area contributed by atoms with Crippen LogP contribution in [0.2, 0.25) is 5.02 Å². The molecule has 1 heterocycles. The van der Waals surface area contributed by atoms with Gasteiger partial charge in [-0.2, -0.15) is 0 Å². The molecular weight excluding hydrogens is 362 g/mol. The van der Waals surface area contributed by atoms with Crippen LogP contribution in [0.3, 0.4) is 0 Å². The Morgan fingerprint density at radius 3 is 2.44 bits per heavy atom. The number of carboxylic acids is 1. The molecule has 0 fully saturated rings. The molecular formula is C17H13ClN3O3S-. The lowest BCUT2D eigenvalue weighted by Crippen LogP contribution is -2.24. The van der Waals surface area contributed by atoms with E-state index in [1.165, 1.54) is 0 Å². The molecule has 0 saturated heterocycles. The maximum Gasteiger partial charge on any atom is 0.196 e. The molecule has 1 aromatic heterocycles. The molecule has 3 rings (SSSR count). The van der Waals surface area contributed by atoms with Crippen LogP contribution in [0.5, 0.6) is 5.75 Å². The van der Waals surface area contributed by atoms with Crippen molar-refractivity contribution in [3.63, 3.8) is 0 Å². The SMILES string of the molecule is COc1ccc(-c2nnc(SCC(=O)[O-])n2-c2ccc(Cl)cc2)cc1. The molecule has 0 bridgehead atoms. The zero-order valence-electron chi connectivity index (χ0n) is 13.2. The second-order valence-corrected chi connectivity index (χ2v) is 6.39. The van der Waals surface area contributed by atoms with Crippen molar-refractivity contribution in [2.75, 3.05) is 12.9 Å². The largest absolute Gasteiger partial charge is 0.549 e. The van der Waals surface area contributed by atoms with E-state index in [4.69, 9.17) is 16.3 Å². The normalized spacial score (nSPS) is 10.6. The Morgan fingerprint density at radius 2 is 1.84 bits per heavy atom. The summed E-state index contributed by atoms with van der Waals surface area (Å²) in [6, 6.07) is 14.5. The van der Waals surface area contributed by atoms with Gasteiger partial charge < -0.3 is 14.6 Å². The Hall–Kier alpha value is -2.51. The molecule has 128 valence electrons.